The van der Waals surface area contributed by atoms with Crippen LogP contribution < -0.4 is 5.32 Å². The Morgan fingerprint density at radius 2 is 2.16 bits per heavy atom. The van der Waals surface area contributed by atoms with Crippen LogP contribution in [-0.4, -0.2) is 34.4 Å². The number of likely N-dealkylation sites (N-methyl/N-ethyl adjacent to an activating group) is 1. The molecular weight excluding hydrogens is 240 g/mol. The normalized spacial score (nSPS) is 10.6. The van der Waals surface area contributed by atoms with Crippen LogP contribution in [-0.2, 0) is 19.9 Å². The van der Waals surface area contributed by atoms with E-state index in [9.17, 15) is 4.79 Å². The van der Waals surface area contributed by atoms with Gasteiger partial charge in [0, 0.05) is 18.8 Å². The topological polar surface area (TPSA) is 59.8 Å². The first-order valence-corrected chi connectivity index (χ1v) is 6.31. The van der Waals surface area contributed by atoms with Gasteiger partial charge in [-0.15, -0.1) is 5.10 Å². The van der Waals surface area contributed by atoms with Crippen molar-refractivity contribution in [1.29, 1.82) is 0 Å². The van der Waals surface area contributed by atoms with Crippen molar-refractivity contribution < 1.29 is 4.79 Å². The van der Waals surface area contributed by atoms with Crippen LogP contribution in [0.3, 0.4) is 0 Å². The zero-order chi connectivity index (χ0) is 13.7. The third-order valence-corrected chi connectivity index (χ3v) is 2.95. The number of hydrogen-bond donors (Lipinski definition) is 1. The zero-order valence-corrected chi connectivity index (χ0v) is 11.3. The highest BCUT2D eigenvalue weighted by Gasteiger charge is 2.13. The molecule has 5 heteroatoms. The standard InChI is InChI=1S/C14H18N4O/c1-15-8-7-11-5-3-4-6-13(11)14(19)9-12-10-18(2)17-16-12/h3-6,10,15H,7-9H2,1-2H3. The van der Waals surface area contributed by atoms with Gasteiger partial charge in [-0.2, -0.15) is 0 Å². The highest BCUT2D eigenvalue weighted by molar-refractivity contribution is 5.98. The van der Waals surface area contributed by atoms with Crippen molar-refractivity contribution in [2.45, 2.75) is 12.8 Å². The molecule has 0 aliphatic rings. The number of benzene rings is 1. The van der Waals surface area contributed by atoms with Crippen molar-refractivity contribution in [2.75, 3.05) is 13.6 Å². The predicted molar refractivity (Wildman–Crippen MR) is 73.1 cm³/mol. The first-order chi connectivity index (χ1) is 9.20. The fraction of sp³-hybridized carbons (Fsp3) is 0.357. The lowest BCUT2D eigenvalue weighted by Crippen LogP contribution is -2.14. The van der Waals surface area contributed by atoms with Gasteiger partial charge < -0.3 is 5.32 Å². The molecule has 0 unspecified atom stereocenters. The molecule has 0 aliphatic heterocycles. The maximum absolute atomic E-state index is 12.3. The number of hydrogen-bond acceptors (Lipinski definition) is 4. The van der Waals surface area contributed by atoms with E-state index in [1.165, 1.54) is 0 Å². The molecule has 1 aromatic carbocycles. The summed E-state index contributed by atoms with van der Waals surface area (Å²) in [7, 11) is 3.70. The minimum absolute atomic E-state index is 0.0900. The summed E-state index contributed by atoms with van der Waals surface area (Å²) in [5.74, 6) is 0.0900. The van der Waals surface area contributed by atoms with E-state index < -0.39 is 0 Å². The molecule has 0 saturated heterocycles. The van der Waals surface area contributed by atoms with E-state index in [1.807, 2.05) is 31.3 Å². The van der Waals surface area contributed by atoms with Crippen LogP contribution in [0, 0.1) is 0 Å². The SMILES string of the molecule is CNCCc1ccccc1C(=O)Cc1cn(C)nn1. The van der Waals surface area contributed by atoms with Crippen molar-refractivity contribution in [1.82, 2.24) is 20.3 Å². The molecular formula is C14H18N4O. The van der Waals surface area contributed by atoms with Crippen LogP contribution in [0.1, 0.15) is 21.6 Å². The molecule has 0 fully saturated rings. The lowest BCUT2D eigenvalue weighted by molar-refractivity contribution is 0.0991. The van der Waals surface area contributed by atoms with Crippen LogP contribution >= 0.6 is 0 Å². The second-order valence-corrected chi connectivity index (χ2v) is 4.49. The van der Waals surface area contributed by atoms with Crippen LogP contribution in [0.5, 0.6) is 0 Å². The molecule has 0 bridgehead atoms. The van der Waals surface area contributed by atoms with Gasteiger partial charge in [-0.3, -0.25) is 9.48 Å². The minimum atomic E-state index is 0.0900. The lowest BCUT2D eigenvalue weighted by Gasteiger charge is -2.07. The van der Waals surface area contributed by atoms with Crippen molar-refractivity contribution in [3.8, 4) is 0 Å². The summed E-state index contributed by atoms with van der Waals surface area (Å²) in [5.41, 5.74) is 2.56. The quantitative estimate of drug-likeness (QED) is 0.785. The molecule has 1 N–H and O–H groups in total. The number of nitrogens with zero attached hydrogens (tertiary/aromatic N) is 3. The molecule has 0 atom stereocenters. The van der Waals surface area contributed by atoms with Crippen LogP contribution in [0.15, 0.2) is 30.5 Å². The third kappa shape index (κ3) is 3.48. The Kier molecular flexibility index (Phi) is 4.41. The number of rotatable bonds is 6. The van der Waals surface area contributed by atoms with E-state index in [4.69, 9.17) is 0 Å². The molecule has 2 aromatic rings. The Hall–Kier alpha value is -2.01. The maximum atomic E-state index is 12.3. The molecule has 1 heterocycles. The summed E-state index contributed by atoms with van der Waals surface area (Å²) in [6.45, 7) is 0.857. The van der Waals surface area contributed by atoms with E-state index >= 15 is 0 Å². The molecule has 1 aromatic heterocycles. The number of aryl methyl sites for hydroxylation is 1. The average Bonchev–Trinajstić information content (AvgIpc) is 2.82. The van der Waals surface area contributed by atoms with Gasteiger partial charge in [-0.1, -0.05) is 29.5 Å². The molecule has 0 spiro atoms. The first-order valence-electron chi connectivity index (χ1n) is 6.31. The van der Waals surface area contributed by atoms with Gasteiger partial charge in [-0.25, -0.2) is 0 Å². The smallest absolute Gasteiger partial charge is 0.169 e. The van der Waals surface area contributed by atoms with Gasteiger partial charge in [0.05, 0.1) is 12.1 Å². The monoisotopic (exact) mass is 258 g/mol. The second-order valence-electron chi connectivity index (χ2n) is 4.49. The molecule has 19 heavy (non-hydrogen) atoms. The fourth-order valence-electron chi connectivity index (χ4n) is 2.01. The third-order valence-electron chi connectivity index (χ3n) is 2.95. The summed E-state index contributed by atoms with van der Waals surface area (Å²) in [6.07, 6.45) is 2.91. The van der Waals surface area contributed by atoms with Gasteiger partial charge in [0.25, 0.3) is 0 Å². The summed E-state index contributed by atoms with van der Waals surface area (Å²) >= 11 is 0. The molecule has 100 valence electrons. The van der Waals surface area contributed by atoms with E-state index in [2.05, 4.69) is 15.6 Å². The fourth-order valence-corrected chi connectivity index (χ4v) is 2.01. The van der Waals surface area contributed by atoms with Crippen molar-refractivity contribution >= 4 is 5.78 Å². The molecule has 2 rings (SSSR count). The summed E-state index contributed by atoms with van der Waals surface area (Å²) in [4.78, 5) is 12.3. The van der Waals surface area contributed by atoms with Gasteiger partial charge >= 0.3 is 0 Å². The summed E-state index contributed by atoms with van der Waals surface area (Å²) in [6, 6.07) is 7.74. The van der Waals surface area contributed by atoms with Crippen molar-refractivity contribution in [3.63, 3.8) is 0 Å². The number of Topliss-reactive ketones (excluding diaryl/α,β-unsaturated/α-hetero) is 1. The van der Waals surface area contributed by atoms with Gasteiger partial charge in [0.15, 0.2) is 5.78 Å². The molecule has 5 nitrogen and oxygen atoms in total. The molecule has 0 radical (unpaired) electrons. The number of carbonyl (C=O) groups excluding carboxylic acids is 1. The molecule has 0 aliphatic carbocycles. The molecule has 0 saturated carbocycles. The van der Waals surface area contributed by atoms with Gasteiger partial charge in [-0.05, 0) is 25.6 Å². The number of carbonyl (C=O) groups is 1. The Morgan fingerprint density at radius 1 is 1.37 bits per heavy atom. The van der Waals surface area contributed by atoms with Gasteiger partial charge in [0.2, 0.25) is 0 Å². The Balaban J connectivity index is 2.14. The second kappa shape index (κ2) is 6.24. The lowest BCUT2D eigenvalue weighted by atomic mass is 9.98. The van der Waals surface area contributed by atoms with Gasteiger partial charge in [0.1, 0.15) is 0 Å². The van der Waals surface area contributed by atoms with Crippen molar-refractivity contribution in [2.24, 2.45) is 7.05 Å². The highest BCUT2D eigenvalue weighted by Crippen LogP contribution is 2.12. The van der Waals surface area contributed by atoms with Crippen LogP contribution in [0.4, 0.5) is 0 Å². The van der Waals surface area contributed by atoms with E-state index in [1.54, 1.807) is 17.9 Å². The zero-order valence-electron chi connectivity index (χ0n) is 11.3. The Labute approximate surface area is 112 Å². The van der Waals surface area contributed by atoms with Crippen molar-refractivity contribution in [3.05, 3.63) is 47.3 Å². The van der Waals surface area contributed by atoms with E-state index in [0.717, 1.165) is 24.1 Å². The van der Waals surface area contributed by atoms with Crippen LogP contribution in [0.25, 0.3) is 0 Å². The highest BCUT2D eigenvalue weighted by atomic mass is 16.1. The summed E-state index contributed by atoms with van der Waals surface area (Å²) in [5, 5.41) is 10.9. The predicted octanol–water partition coefficient (Wildman–Crippen LogP) is 1.00. The average molecular weight is 258 g/mol. The Bertz CT molecular complexity index is 562. The largest absolute Gasteiger partial charge is 0.319 e. The number of aromatic nitrogens is 3. The Morgan fingerprint density at radius 3 is 2.84 bits per heavy atom. The van der Waals surface area contributed by atoms with Crippen LogP contribution in [0.2, 0.25) is 0 Å². The number of nitrogens with one attached hydrogen (secondary N) is 1. The minimum Gasteiger partial charge on any atom is -0.319 e. The maximum Gasteiger partial charge on any atom is 0.169 e. The van der Waals surface area contributed by atoms with E-state index in [0.29, 0.717) is 12.1 Å². The first kappa shape index (κ1) is 13.4. The number of ketones is 1. The summed E-state index contributed by atoms with van der Waals surface area (Å²) < 4.78 is 1.61. The van der Waals surface area contributed by atoms with E-state index in [-0.39, 0.29) is 5.78 Å². The molecule has 0 amide bonds.